The van der Waals surface area contributed by atoms with Gasteiger partial charge in [-0.3, -0.25) is 4.79 Å². The lowest BCUT2D eigenvalue weighted by Crippen LogP contribution is -2.42. The van der Waals surface area contributed by atoms with Crippen molar-refractivity contribution in [3.8, 4) is 0 Å². The van der Waals surface area contributed by atoms with Crippen LogP contribution in [0.1, 0.15) is 64.4 Å². The average Bonchev–Trinajstić information content (AvgIpc) is 3.05. The van der Waals surface area contributed by atoms with E-state index < -0.39 is 0 Å². The number of amides is 1. The SMILES string of the molecule is CCC1(CC)CN(C(=O)CC2C[C@H]3CC[C@@H](C2)N3C)c2ccccc21. The van der Waals surface area contributed by atoms with Crippen molar-refractivity contribution in [1.29, 1.82) is 0 Å². The molecule has 3 aliphatic rings. The number of fused-ring (bicyclic) bond motifs is 3. The van der Waals surface area contributed by atoms with Crippen LogP contribution in [-0.4, -0.2) is 36.5 Å². The summed E-state index contributed by atoms with van der Waals surface area (Å²) in [6.07, 6.45) is 8.01. The van der Waals surface area contributed by atoms with E-state index in [4.69, 9.17) is 0 Å². The summed E-state index contributed by atoms with van der Waals surface area (Å²) < 4.78 is 0. The summed E-state index contributed by atoms with van der Waals surface area (Å²) >= 11 is 0. The summed E-state index contributed by atoms with van der Waals surface area (Å²) in [6, 6.07) is 10.0. The van der Waals surface area contributed by atoms with Gasteiger partial charge in [-0.15, -0.1) is 0 Å². The number of piperidine rings is 1. The fourth-order valence-electron chi connectivity index (χ4n) is 5.76. The summed E-state index contributed by atoms with van der Waals surface area (Å²) in [5.41, 5.74) is 2.71. The molecule has 4 rings (SSSR count). The molecule has 0 aliphatic carbocycles. The molecule has 1 aromatic rings. The van der Waals surface area contributed by atoms with Gasteiger partial charge >= 0.3 is 0 Å². The van der Waals surface area contributed by atoms with Crippen molar-refractivity contribution in [3.63, 3.8) is 0 Å². The molecule has 1 amide bonds. The van der Waals surface area contributed by atoms with E-state index >= 15 is 0 Å². The van der Waals surface area contributed by atoms with Gasteiger partial charge in [-0.05, 0) is 63.1 Å². The van der Waals surface area contributed by atoms with E-state index in [1.54, 1.807) is 0 Å². The van der Waals surface area contributed by atoms with Crippen molar-refractivity contribution in [2.45, 2.75) is 76.3 Å². The molecule has 3 atom stereocenters. The summed E-state index contributed by atoms with van der Waals surface area (Å²) in [7, 11) is 2.27. The average molecular weight is 341 g/mol. The summed E-state index contributed by atoms with van der Waals surface area (Å²) in [5, 5.41) is 0. The predicted molar refractivity (Wildman–Crippen MR) is 103 cm³/mol. The van der Waals surface area contributed by atoms with Crippen LogP contribution in [0.15, 0.2) is 24.3 Å². The topological polar surface area (TPSA) is 23.6 Å². The van der Waals surface area contributed by atoms with Crippen LogP contribution in [0.2, 0.25) is 0 Å². The lowest BCUT2D eigenvalue weighted by molar-refractivity contribution is -0.120. The number of para-hydroxylation sites is 1. The van der Waals surface area contributed by atoms with Gasteiger partial charge in [-0.1, -0.05) is 32.0 Å². The van der Waals surface area contributed by atoms with Gasteiger partial charge in [-0.2, -0.15) is 0 Å². The number of carbonyl (C=O) groups is 1. The van der Waals surface area contributed by atoms with E-state index in [0.717, 1.165) is 25.8 Å². The molecule has 2 fully saturated rings. The van der Waals surface area contributed by atoms with Crippen molar-refractivity contribution in [2.24, 2.45) is 5.92 Å². The number of hydrogen-bond donors (Lipinski definition) is 0. The number of hydrogen-bond acceptors (Lipinski definition) is 2. The summed E-state index contributed by atoms with van der Waals surface area (Å²) in [6.45, 7) is 5.41. The molecule has 3 aliphatic heterocycles. The van der Waals surface area contributed by atoms with E-state index in [9.17, 15) is 4.79 Å². The molecule has 2 saturated heterocycles. The second-order valence-electron chi connectivity index (χ2n) is 8.58. The van der Waals surface area contributed by atoms with E-state index in [-0.39, 0.29) is 5.41 Å². The molecule has 3 nitrogen and oxygen atoms in total. The standard InChI is InChI=1S/C22H32N2O/c1-4-22(5-2)15-24(20-9-7-6-8-19(20)22)21(25)14-16-12-17-10-11-18(13-16)23(17)3/h6-9,16-18H,4-5,10-15H2,1-3H3/t16?,17-,18+. The van der Waals surface area contributed by atoms with Crippen molar-refractivity contribution in [1.82, 2.24) is 4.90 Å². The zero-order chi connectivity index (χ0) is 17.6. The van der Waals surface area contributed by atoms with Crippen molar-refractivity contribution < 1.29 is 4.79 Å². The maximum absolute atomic E-state index is 13.2. The minimum atomic E-state index is 0.151. The molecule has 25 heavy (non-hydrogen) atoms. The van der Waals surface area contributed by atoms with E-state index in [2.05, 4.69) is 55.0 Å². The minimum Gasteiger partial charge on any atom is -0.311 e. The smallest absolute Gasteiger partial charge is 0.227 e. The predicted octanol–water partition coefficient (Wildman–Crippen LogP) is 4.35. The maximum Gasteiger partial charge on any atom is 0.227 e. The maximum atomic E-state index is 13.2. The van der Waals surface area contributed by atoms with Crippen LogP contribution >= 0.6 is 0 Å². The van der Waals surface area contributed by atoms with Gasteiger partial charge < -0.3 is 9.80 Å². The molecular formula is C22H32N2O. The van der Waals surface area contributed by atoms with Crippen LogP contribution in [0, 0.1) is 5.92 Å². The lowest BCUT2D eigenvalue weighted by Gasteiger charge is -2.36. The van der Waals surface area contributed by atoms with Crippen molar-refractivity contribution in [2.75, 3.05) is 18.5 Å². The third-order valence-electron chi connectivity index (χ3n) is 7.54. The van der Waals surface area contributed by atoms with Crippen LogP contribution in [0.3, 0.4) is 0 Å². The highest BCUT2D eigenvalue weighted by Crippen LogP contribution is 2.46. The Hall–Kier alpha value is -1.35. The van der Waals surface area contributed by atoms with Crippen LogP contribution in [0.5, 0.6) is 0 Å². The molecule has 2 bridgehead atoms. The number of carbonyl (C=O) groups excluding carboxylic acids is 1. The minimum absolute atomic E-state index is 0.151. The highest BCUT2D eigenvalue weighted by Gasteiger charge is 2.44. The van der Waals surface area contributed by atoms with Gasteiger partial charge in [0.2, 0.25) is 5.91 Å². The van der Waals surface area contributed by atoms with Crippen molar-refractivity contribution in [3.05, 3.63) is 29.8 Å². The highest BCUT2D eigenvalue weighted by molar-refractivity contribution is 5.96. The van der Waals surface area contributed by atoms with Gasteiger partial charge in [0.1, 0.15) is 0 Å². The normalized spacial score (nSPS) is 30.5. The van der Waals surface area contributed by atoms with E-state index in [1.165, 1.54) is 36.9 Å². The van der Waals surface area contributed by atoms with Gasteiger partial charge in [0, 0.05) is 36.2 Å². The first-order valence-electron chi connectivity index (χ1n) is 10.2. The lowest BCUT2D eigenvalue weighted by atomic mass is 9.78. The molecule has 0 radical (unpaired) electrons. The molecule has 136 valence electrons. The number of benzene rings is 1. The Labute approximate surface area is 152 Å². The monoisotopic (exact) mass is 340 g/mol. The summed E-state index contributed by atoms with van der Waals surface area (Å²) in [4.78, 5) is 17.9. The molecule has 3 heterocycles. The first kappa shape index (κ1) is 17.1. The van der Waals surface area contributed by atoms with Crippen LogP contribution in [0.25, 0.3) is 0 Å². The van der Waals surface area contributed by atoms with Crippen molar-refractivity contribution >= 4 is 11.6 Å². The number of rotatable bonds is 4. The quantitative estimate of drug-likeness (QED) is 0.813. The zero-order valence-electron chi connectivity index (χ0n) is 16.0. The number of nitrogens with zero attached hydrogens (tertiary/aromatic N) is 2. The van der Waals surface area contributed by atoms with Gasteiger partial charge in [0.25, 0.3) is 0 Å². The Balaban J connectivity index is 1.51. The Morgan fingerprint density at radius 3 is 2.40 bits per heavy atom. The van der Waals surface area contributed by atoms with Gasteiger partial charge in [0.05, 0.1) is 0 Å². The van der Waals surface area contributed by atoms with Crippen LogP contribution in [-0.2, 0) is 10.2 Å². The molecule has 0 spiro atoms. The second kappa shape index (κ2) is 6.42. The Morgan fingerprint density at radius 2 is 1.76 bits per heavy atom. The van der Waals surface area contributed by atoms with Gasteiger partial charge in [-0.25, -0.2) is 0 Å². The van der Waals surface area contributed by atoms with E-state index in [0.29, 0.717) is 23.9 Å². The molecule has 0 N–H and O–H groups in total. The molecule has 1 unspecified atom stereocenters. The zero-order valence-corrected chi connectivity index (χ0v) is 16.0. The third kappa shape index (κ3) is 2.71. The fourth-order valence-corrected chi connectivity index (χ4v) is 5.76. The third-order valence-corrected chi connectivity index (χ3v) is 7.54. The molecule has 3 heteroatoms. The van der Waals surface area contributed by atoms with Gasteiger partial charge in [0.15, 0.2) is 0 Å². The Morgan fingerprint density at radius 1 is 1.12 bits per heavy atom. The summed E-state index contributed by atoms with van der Waals surface area (Å²) in [5.74, 6) is 0.928. The number of anilines is 1. The first-order chi connectivity index (χ1) is 12.1. The van der Waals surface area contributed by atoms with Crippen LogP contribution in [0.4, 0.5) is 5.69 Å². The molecule has 0 saturated carbocycles. The Kier molecular flexibility index (Phi) is 4.39. The Bertz CT molecular complexity index is 637. The highest BCUT2D eigenvalue weighted by atomic mass is 16.2. The first-order valence-corrected chi connectivity index (χ1v) is 10.2. The van der Waals surface area contributed by atoms with Crippen LogP contribution < -0.4 is 4.90 Å². The molecule has 1 aromatic carbocycles. The fraction of sp³-hybridized carbons (Fsp3) is 0.682. The largest absolute Gasteiger partial charge is 0.311 e. The molecular weight excluding hydrogens is 308 g/mol. The second-order valence-corrected chi connectivity index (χ2v) is 8.58. The van der Waals surface area contributed by atoms with E-state index in [1.807, 2.05) is 0 Å². The molecule has 0 aromatic heterocycles.